The molecule has 2 N–H and O–H groups in total. The second-order valence-electron chi connectivity index (χ2n) is 4.89. The zero-order valence-electron chi connectivity index (χ0n) is 10.3. The molecule has 3 rings (SSSR count). The molecule has 2 aromatic rings. The summed E-state index contributed by atoms with van der Waals surface area (Å²) in [6.45, 7) is 0.644. The van der Waals surface area contributed by atoms with Crippen LogP contribution < -0.4 is 10.9 Å². The van der Waals surface area contributed by atoms with Gasteiger partial charge in [0, 0.05) is 6.04 Å². The molecule has 1 heterocycles. The smallest absolute Gasteiger partial charge is 0.258 e. The molecule has 1 aromatic carbocycles. The van der Waals surface area contributed by atoms with Gasteiger partial charge in [0.2, 0.25) is 0 Å². The number of nitrogens with zero attached hydrogens (tertiary/aromatic N) is 1. The summed E-state index contributed by atoms with van der Waals surface area (Å²) >= 11 is 0. The van der Waals surface area contributed by atoms with Crippen molar-refractivity contribution in [2.24, 2.45) is 0 Å². The Labute approximate surface area is 105 Å². The second-order valence-corrected chi connectivity index (χ2v) is 4.89. The predicted octanol–water partition coefficient (Wildman–Crippen LogP) is 1.96. The Bertz CT molecular complexity index is 599. The Balaban J connectivity index is 1.81. The molecule has 0 aliphatic heterocycles. The Morgan fingerprint density at radius 2 is 2.06 bits per heavy atom. The van der Waals surface area contributed by atoms with Gasteiger partial charge in [-0.1, -0.05) is 25.0 Å². The van der Waals surface area contributed by atoms with Crippen molar-refractivity contribution in [1.29, 1.82) is 0 Å². The van der Waals surface area contributed by atoms with E-state index in [1.165, 1.54) is 25.7 Å². The van der Waals surface area contributed by atoms with Gasteiger partial charge < -0.3 is 10.3 Å². The van der Waals surface area contributed by atoms with Crippen molar-refractivity contribution < 1.29 is 0 Å². The van der Waals surface area contributed by atoms with E-state index in [4.69, 9.17) is 0 Å². The number of nitrogens with one attached hydrogen (secondary N) is 2. The SMILES string of the molecule is O=c1[nH]c(CNC2CCCC2)nc2ccccc12. The van der Waals surface area contributed by atoms with E-state index in [1.54, 1.807) is 6.07 Å². The van der Waals surface area contributed by atoms with Crippen molar-refractivity contribution in [3.8, 4) is 0 Å². The van der Waals surface area contributed by atoms with Crippen molar-refractivity contribution in [2.75, 3.05) is 0 Å². The highest BCUT2D eigenvalue weighted by molar-refractivity contribution is 5.77. The van der Waals surface area contributed by atoms with E-state index in [0.29, 0.717) is 18.0 Å². The molecule has 0 radical (unpaired) electrons. The van der Waals surface area contributed by atoms with Gasteiger partial charge in [0.1, 0.15) is 5.82 Å². The number of H-pyrrole nitrogens is 1. The topological polar surface area (TPSA) is 57.8 Å². The minimum absolute atomic E-state index is 0.0520. The molecule has 0 unspecified atom stereocenters. The van der Waals surface area contributed by atoms with Crippen LogP contribution in [-0.4, -0.2) is 16.0 Å². The van der Waals surface area contributed by atoms with Crippen LogP contribution in [0.2, 0.25) is 0 Å². The fourth-order valence-electron chi connectivity index (χ4n) is 2.59. The number of aromatic amines is 1. The molecule has 0 amide bonds. The average Bonchev–Trinajstić information content (AvgIpc) is 2.90. The maximum Gasteiger partial charge on any atom is 0.258 e. The van der Waals surface area contributed by atoms with Crippen LogP contribution in [0, 0.1) is 0 Å². The summed E-state index contributed by atoms with van der Waals surface area (Å²) < 4.78 is 0. The Morgan fingerprint density at radius 3 is 2.89 bits per heavy atom. The molecular formula is C14H17N3O. The minimum Gasteiger partial charge on any atom is -0.309 e. The Kier molecular flexibility index (Phi) is 3.11. The van der Waals surface area contributed by atoms with Crippen LogP contribution in [0.3, 0.4) is 0 Å². The van der Waals surface area contributed by atoms with Crippen LogP contribution in [0.4, 0.5) is 0 Å². The molecule has 0 atom stereocenters. The quantitative estimate of drug-likeness (QED) is 0.866. The fraction of sp³-hybridized carbons (Fsp3) is 0.429. The minimum atomic E-state index is -0.0520. The maximum absolute atomic E-state index is 11.9. The van der Waals surface area contributed by atoms with Crippen LogP contribution in [0.25, 0.3) is 10.9 Å². The molecule has 1 aliphatic carbocycles. The second kappa shape index (κ2) is 4.90. The molecule has 0 bridgehead atoms. The molecule has 1 aromatic heterocycles. The highest BCUT2D eigenvalue weighted by Crippen LogP contribution is 2.17. The van der Waals surface area contributed by atoms with Gasteiger partial charge in [0.25, 0.3) is 5.56 Å². The lowest BCUT2D eigenvalue weighted by molar-refractivity contribution is 0.514. The summed E-state index contributed by atoms with van der Waals surface area (Å²) in [5, 5.41) is 4.11. The van der Waals surface area contributed by atoms with Crippen molar-refractivity contribution in [1.82, 2.24) is 15.3 Å². The molecular weight excluding hydrogens is 226 g/mol. The van der Waals surface area contributed by atoms with Gasteiger partial charge in [-0.15, -0.1) is 0 Å². The zero-order chi connectivity index (χ0) is 12.4. The fourth-order valence-corrected chi connectivity index (χ4v) is 2.59. The Hall–Kier alpha value is -1.68. The average molecular weight is 243 g/mol. The number of aromatic nitrogens is 2. The van der Waals surface area contributed by atoms with Crippen molar-refractivity contribution in [3.63, 3.8) is 0 Å². The largest absolute Gasteiger partial charge is 0.309 e. The monoisotopic (exact) mass is 243 g/mol. The van der Waals surface area contributed by atoms with Crippen molar-refractivity contribution >= 4 is 10.9 Å². The summed E-state index contributed by atoms with van der Waals surface area (Å²) in [7, 11) is 0. The highest BCUT2D eigenvalue weighted by Gasteiger charge is 2.14. The van der Waals surface area contributed by atoms with Gasteiger partial charge in [-0.2, -0.15) is 0 Å². The highest BCUT2D eigenvalue weighted by atomic mass is 16.1. The number of fused-ring (bicyclic) bond motifs is 1. The van der Waals surface area contributed by atoms with E-state index in [0.717, 1.165) is 11.3 Å². The lowest BCUT2D eigenvalue weighted by Crippen LogP contribution is -2.27. The van der Waals surface area contributed by atoms with Gasteiger partial charge >= 0.3 is 0 Å². The molecule has 18 heavy (non-hydrogen) atoms. The summed E-state index contributed by atoms with van der Waals surface area (Å²) in [6, 6.07) is 8.03. The van der Waals surface area contributed by atoms with Crippen LogP contribution in [0.15, 0.2) is 29.1 Å². The summed E-state index contributed by atoms with van der Waals surface area (Å²) in [5.41, 5.74) is 0.716. The number of hydrogen-bond donors (Lipinski definition) is 2. The standard InChI is InChI=1S/C14H17N3O/c18-14-11-7-3-4-8-12(11)16-13(17-14)9-15-10-5-1-2-6-10/h3-4,7-8,10,15H,1-2,5-6,9H2,(H,16,17,18). The number of para-hydroxylation sites is 1. The third-order valence-electron chi connectivity index (χ3n) is 3.58. The third kappa shape index (κ3) is 2.29. The molecule has 1 saturated carbocycles. The van der Waals surface area contributed by atoms with E-state index in [9.17, 15) is 4.79 Å². The van der Waals surface area contributed by atoms with E-state index in [2.05, 4.69) is 15.3 Å². The number of benzene rings is 1. The first-order valence-electron chi connectivity index (χ1n) is 6.54. The normalized spacial score (nSPS) is 16.4. The first-order chi connectivity index (χ1) is 8.83. The molecule has 0 saturated heterocycles. The van der Waals surface area contributed by atoms with Gasteiger partial charge in [0.05, 0.1) is 17.4 Å². The summed E-state index contributed by atoms with van der Waals surface area (Å²) in [4.78, 5) is 19.2. The van der Waals surface area contributed by atoms with E-state index in [1.807, 2.05) is 18.2 Å². The molecule has 1 fully saturated rings. The first-order valence-corrected chi connectivity index (χ1v) is 6.54. The molecule has 4 nitrogen and oxygen atoms in total. The summed E-state index contributed by atoms with van der Waals surface area (Å²) in [5.74, 6) is 0.727. The molecule has 1 aliphatic rings. The number of hydrogen-bond acceptors (Lipinski definition) is 3. The van der Waals surface area contributed by atoms with Crippen LogP contribution in [-0.2, 0) is 6.54 Å². The Morgan fingerprint density at radius 1 is 1.28 bits per heavy atom. The first kappa shape index (κ1) is 11.4. The molecule has 94 valence electrons. The lowest BCUT2D eigenvalue weighted by atomic mass is 10.2. The van der Waals surface area contributed by atoms with E-state index >= 15 is 0 Å². The zero-order valence-corrected chi connectivity index (χ0v) is 10.3. The molecule has 4 heteroatoms. The van der Waals surface area contributed by atoms with Crippen LogP contribution >= 0.6 is 0 Å². The maximum atomic E-state index is 11.9. The third-order valence-corrected chi connectivity index (χ3v) is 3.58. The lowest BCUT2D eigenvalue weighted by Gasteiger charge is -2.11. The number of rotatable bonds is 3. The predicted molar refractivity (Wildman–Crippen MR) is 71.5 cm³/mol. The van der Waals surface area contributed by atoms with Crippen molar-refractivity contribution in [2.45, 2.75) is 38.3 Å². The van der Waals surface area contributed by atoms with Gasteiger partial charge in [-0.05, 0) is 25.0 Å². The van der Waals surface area contributed by atoms with Gasteiger partial charge in [-0.3, -0.25) is 4.79 Å². The van der Waals surface area contributed by atoms with Gasteiger partial charge in [0.15, 0.2) is 0 Å². The van der Waals surface area contributed by atoms with E-state index < -0.39 is 0 Å². The van der Waals surface area contributed by atoms with Gasteiger partial charge in [-0.25, -0.2) is 4.98 Å². The van der Waals surface area contributed by atoms with Crippen molar-refractivity contribution in [3.05, 3.63) is 40.4 Å². The van der Waals surface area contributed by atoms with E-state index in [-0.39, 0.29) is 5.56 Å². The van der Waals surface area contributed by atoms with Crippen LogP contribution in [0.1, 0.15) is 31.5 Å². The summed E-state index contributed by atoms with van der Waals surface area (Å²) in [6.07, 6.45) is 5.08. The van der Waals surface area contributed by atoms with Crippen LogP contribution in [0.5, 0.6) is 0 Å². The molecule has 0 spiro atoms.